The SMILES string of the molecule is COc1ccc([N+](=O)[O-])cc1-n1c(C)cc([C@@H]2[C@H](c3ccccn3)NC(=S)N2CCC(=O)Nc2cccc(C)c2)c1C. The number of nitrogens with zero attached hydrogens (tertiary/aromatic N) is 4. The van der Waals surface area contributed by atoms with E-state index in [-0.39, 0.29) is 30.1 Å². The van der Waals surface area contributed by atoms with Crippen LogP contribution in [0.3, 0.4) is 0 Å². The molecule has 11 heteroatoms. The fourth-order valence-corrected chi connectivity index (χ4v) is 5.91. The summed E-state index contributed by atoms with van der Waals surface area (Å²) in [6.07, 6.45) is 1.96. The van der Waals surface area contributed by atoms with Crippen LogP contribution in [0, 0.1) is 30.9 Å². The van der Waals surface area contributed by atoms with Gasteiger partial charge in [-0.1, -0.05) is 18.2 Å². The number of non-ortho nitro benzene ring substituents is 1. The van der Waals surface area contributed by atoms with Gasteiger partial charge in [0.25, 0.3) is 5.69 Å². The van der Waals surface area contributed by atoms with Gasteiger partial charge in [0.05, 0.1) is 35.5 Å². The summed E-state index contributed by atoms with van der Waals surface area (Å²) in [4.78, 5) is 30.8. The van der Waals surface area contributed by atoms with Crippen molar-refractivity contribution in [3.63, 3.8) is 0 Å². The molecule has 216 valence electrons. The average Bonchev–Trinajstić information content (AvgIpc) is 3.45. The molecule has 0 saturated carbocycles. The van der Waals surface area contributed by atoms with Gasteiger partial charge in [-0.3, -0.25) is 19.9 Å². The number of aromatic nitrogens is 2. The molecule has 5 rings (SSSR count). The highest BCUT2D eigenvalue weighted by Crippen LogP contribution is 2.42. The summed E-state index contributed by atoms with van der Waals surface area (Å²) in [5.74, 6) is 0.398. The first-order valence-electron chi connectivity index (χ1n) is 13.5. The molecule has 4 aromatic rings. The molecule has 2 N–H and O–H groups in total. The van der Waals surface area contributed by atoms with E-state index in [2.05, 4.69) is 21.7 Å². The number of ether oxygens (including phenoxy) is 1. The predicted octanol–water partition coefficient (Wildman–Crippen LogP) is 5.72. The molecule has 0 aliphatic carbocycles. The molecule has 1 amide bonds. The lowest BCUT2D eigenvalue weighted by Crippen LogP contribution is -2.32. The second-order valence-electron chi connectivity index (χ2n) is 10.3. The number of thiocarbonyl (C=S) groups is 1. The molecule has 0 spiro atoms. The largest absolute Gasteiger partial charge is 0.495 e. The minimum atomic E-state index is -0.419. The molecule has 1 saturated heterocycles. The first-order valence-corrected chi connectivity index (χ1v) is 13.9. The van der Waals surface area contributed by atoms with E-state index in [0.29, 0.717) is 23.1 Å². The zero-order valence-corrected chi connectivity index (χ0v) is 24.6. The van der Waals surface area contributed by atoms with Crippen LogP contribution in [-0.4, -0.2) is 44.0 Å². The van der Waals surface area contributed by atoms with Crippen LogP contribution in [0.4, 0.5) is 11.4 Å². The molecule has 2 atom stereocenters. The number of nitro groups is 1. The number of hydrogen-bond donors (Lipinski definition) is 2. The third kappa shape index (κ3) is 5.68. The van der Waals surface area contributed by atoms with E-state index < -0.39 is 4.92 Å². The number of rotatable bonds is 9. The lowest BCUT2D eigenvalue weighted by Gasteiger charge is -2.28. The van der Waals surface area contributed by atoms with E-state index >= 15 is 0 Å². The lowest BCUT2D eigenvalue weighted by molar-refractivity contribution is -0.384. The van der Waals surface area contributed by atoms with Gasteiger partial charge in [-0.2, -0.15) is 0 Å². The third-order valence-corrected chi connectivity index (χ3v) is 7.83. The fourth-order valence-electron chi connectivity index (χ4n) is 5.58. The second-order valence-corrected chi connectivity index (χ2v) is 10.6. The van der Waals surface area contributed by atoms with Crippen molar-refractivity contribution in [1.29, 1.82) is 0 Å². The summed E-state index contributed by atoms with van der Waals surface area (Å²) >= 11 is 5.81. The van der Waals surface area contributed by atoms with Crippen molar-refractivity contribution in [3.8, 4) is 11.4 Å². The quantitative estimate of drug-likeness (QED) is 0.146. The van der Waals surface area contributed by atoms with Crippen molar-refractivity contribution in [2.24, 2.45) is 0 Å². The Hall–Kier alpha value is -4.77. The predicted molar refractivity (Wildman–Crippen MR) is 165 cm³/mol. The Bertz CT molecular complexity index is 1650. The maximum Gasteiger partial charge on any atom is 0.271 e. The van der Waals surface area contributed by atoms with Crippen LogP contribution >= 0.6 is 12.2 Å². The minimum absolute atomic E-state index is 0.0313. The smallest absolute Gasteiger partial charge is 0.271 e. The Morgan fingerprint density at radius 2 is 1.93 bits per heavy atom. The molecular formula is C31H32N6O4S. The monoisotopic (exact) mass is 584 g/mol. The van der Waals surface area contributed by atoms with E-state index in [9.17, 15) is 14.9 Å². The molecule has 42 heavy (non-hydrogen) atoms. The number of nitro benzene ring substituents is 1. The average molecular weight is 585 g/mol. The number of aryl methyl sites for hydroxylation is 2. The van der Waals surface area contributed by atoms with Crippen LogP contribution in [0.5, 0.6) is 5.75 Å². The van der Waals surface area contributed by atoms with Crippen LogP contribution in [-0.2, 0) is 4.79 Å². The Balaban J connectivity index is 1.52. The Morgan fingerprint density at radius 3 is 2.62 bits per heavy atom. The molecule has 0 bridgehead atoms. The number of pyridine rings is 1. The number of anilines is 1. The fraction of sp³-hybridized carbons (Fsp3) is 0.258. The highest BCUT2D eigenvalue weighted by Gasteiger charge is 2.41. The van der Waals surface area contributed by atoms with Crippen LogP contribution in [0.25, 0.3) is 5.69 Å². The van der Waals surface area contributed by atoms with Gasteiger partial charge < -0.3 is 24.8 Å². The van der Waals surface area contributed by atoms with E-state index in [1.165, 1.54) is 12.1 Å². The zero-order chi connectivity index (χ0) is 30.0. The summed E-state index contributed by atoms with van der Waals surface area (Å²) in [5.41, 5.74) is 5.87. The number of carbonyl (C=O) groups is 1. The summed E-state index contributed by atoms with van der Waals surface area (Å²) in [6, 6.07) is 19.5. The second kappa shape index (κ2) is 12.0. The van der Waals surface area contributed by atoms with E-state index in [0.717, 1.165) is 33.9 Å². The number of amides is 1. The topological polar surface area (TPSA) is 115 Å². The van der Waals surface area contributed by atoms with Gasteiger partial charge in [-0.15, -0.1) is 0 Å². The molecule has 2 aromatic heterocycles. The van der Waals surface area contributed by atoms with Gasteiger partial charge >= 0.3 is 0 Å². The highest BCUT2D eigenvalue weighted by atomic mass is 32.1. The van der Waals surface area contributed by atoms with Crippen molar-refractivity contribution in [2.75, 3.05) is 19.0 Å². The Labute approximate surface area is 249 Å². The molecule has 0 radical (unpaired) electrons. The summed E-state index contributed by atoms with van der Waals surface area (Å²) in [7, 11) is 1.54. The Morgan fingerprint density at radius 1 is 1.12 bits per heavy atom. The standard InChI is InChI=1S/C31H32N6O4S/c1-19-8-7-9-22(16-19)33-28(38)13-15-35-30(29(34-31(35)42)25-10-5-6-14-32-25)24-17-20(2)36(21(24)3)26-18-23(37(39)40)11-12-27(26)41-4/h5-12,14,16-18,29-30H,13,15H2,1-4H3,(H,33,38)(H,34,42)/t29-,30+/m0/s1. The molecule has 10 nitrogen and oxygen atoms in total. The zero-order valence-electron chi connectivity index (χ0n) is 23.8. The molecule has 1 fully saturated rings. The number of methoxy groups -OCH3 is 1. The highest BCUT2D eigenvalue weighted by molar-refractivity contribution is 7.80. The summed E-state index contributed by atoms with van der Waals surface area (Å²) in [5, 5.41) is 18.5. The van der Waals surface area contributed by atoms with Crippen molar-refractivity contribution in [2.45, 2.75) is 39.3 Å². The molecule has 2 aromatic carbocycles. The summed E-state index contributed by atoms with van der Waals surface area (Å²) < 4.78 is 7.55. The van der Waals surface area contributed by atoms with Crippen LogP contribution in [0.1, 0.15) is 46.7 Å². The molecule has 1 aliphatic rings. The van der Waals surface area contributed by atoms with Crippen molar-refractivity contribution in [3.05, 3.63) is 111 Å². The number of hydrogen-bond acceptors (Lipinski definition) is 6. The van der Waals surface area contributed by atoms with Crippen LogP contribution in [0.2, 0.25) is 0 Å². The summed E-state index contributed by atoms with van der Waals surface area (Å²) in [6.45, 7) is 6.28. The van der Waals surface area contributed by atoms with Gasteiger partial charge in [0, 0.05) is 48.4 Å². The minimum Gasteiger partial charge on any atom is -0.495 e. The number of benzene rings is 2. The van der Waals surface area contributed by atoms with Crippen LogP contribution in [0.15, 0.2) is 72.9 Å². The van der Waals surface area contributed by atoms with Gasteiger partial charge in [0.1, 0.15) is 5.75 Å². The molecular weight excluding hydrogens is 552 g/mol. The van der Waals surface area contributed by atoms with Gasteiger partial charge in [0.2, 0.25) is 5.91 Å². The van der Waals surface area contributed by atoms with Crippen molar-refractivity contribution < 1.29 is 14.5 Å². The maximum absolute atomic E-state index is 13.0. The van der Waals surface area contributed by atoms with E-state index in [4.69, 9.17) is 17.0 Å². The number of nitrogens with one attached hydrogen (secondary N) is 2. The first kappa shape index (κ1) is 28.7. The van der Waals surface area contributed by atoms with Crippen LogP contribution < -0.4 is 15.4 Å². The van der Waals surface area contributed by atoms with Gasteiger partial charge in [-0.25, -0.2) is 0 Å². The van der Waals surface area contributed by atoms with Crippen molar-refractivity contribution >= 4 is 34.6 Å². The number of carbonyl (C=O) groups excluding carboxylic acids is 1. The van der Waals surface area contributed by atoms with E-state index in [1.807, 2.05) is 72.7 Å². The lowest BCUT2D eigenvalue weighted by atomic mass is 9.96. The normalized spacial score (nSPS) is 16.3. The third-order valence-electron chi connectivity index (χ3n) is 7.48. The first-order chi connectivity index (χ1) is 20.2. The molecule has 0 unspecified atom stereocenters. The van der Waals surface area contributed by atoms with Crippen molar-refractivity contribution in [1.82, 2.24) is 19.8 Å². The molecule has 1 aliphatic heterocycles. The molecule has 3 heterocycles. The van der Waals surface area contributed by atoms with E-state index in [1.54, 1.807) is 19.4 Å². The Kier molecular flexibility index (Phi) is 8.21. The van der Waals surface area contributed by atoms with Gasteiger partial charge in [0.15, 0.2) is 5.11 Å². The van der Waals surface area contributed by atoms with Gasteiger partial charge in [-0.05, 0) is 80.5 Å². The maximum atomic E-state index is 13.0.